The Morgan fingerprint density at radius 1 is 1.24 bits per heavy atom. The zero-order valence-electron chi connectivity index (χ0n) is 17.2. The summed E-state index contributed by atoms with van der Waals surface area (Å²) in [6, 6.07) is 10.8. The molecule has 1 aliphatic rings. The molecule has 1 aliphatic heterocycles. The standard InChI is InChI=1S/C22H27N5O2/c1-4-29-22(28)18-14-23-21-19(15(2)25-26(21)3)20(18)24-16-10-12-27(13-11-16)17-8-6-5-7-9-17/h5-9,14,16H,4,10-13H2,1-3H3,(H,23,24). The fourth-order valence-corrected chi connectivity index (χ4v) is 4.05. The third-order valence-corrected chi connectivity index (χ3v) is 5.49. The van der Waals surface area contributed by atoms with Crippen LogP contribution >= 0.6 is 0 Å². The number of nitrogens with zero attached hydrogens (tertiary/aromatic N) is 4. The molecule has 2 aromatic heterocycles. The number of fused-ring (bicyclic) bond motifs is 1. The van der Waals surface area contributed by atoms with E-state index in [4.69, 9.17) is 4.74 Å². The molecule has 29 heavy (non-hydrogen) atoms. The van der Waals surface area contributed by atoms with E-state index in [0.29, 0.717) is 12.2 Å². The lowest BCUT2D eigenvalue weighted by atomic mass is 10.0. The second-order valence-corrected chi connectivity index (χ2v) is 7.42. The number of piperidine rings is 1. The molecule has 7 nitrogen and oxygen atoms in total. The number of nitrogens with one attached hydrogen (secondary N) is 1. The summed E-state index contributed by atoms with van der Waals surface area (Å²) >= 11 is 0. The third kappa shape index (κ3) is 3.77. The molecule has 0 bridgehead atoms. The highest BCUT2D eigenvalue weighted by Crippen LogP contribution is 2.31. The van der Waals surface area contributed by atoms with Crippen molar-refractivity contribution >= 4 is 28.4 Å². The van der Waals surface area contributed by atoms with E-state index in [9.17, 15) is 4.79 Å². The van der Waals surface area contributed by atoms with Crippen LogP contribution in [0.25, 0.3) is 11.0 Å². The molecule has 3 heterocycles. The first-order valence-electron chi connectivity index (χ1n) is 10.1. The van der Waals surface area contributed by atoms with Gasteiger partial charge in [0, 0.05) is 38.1 Å². The van der Waals surface area contributed by atoms with E-state index in [1.165, 1.54) is 5.69 Å². The molecule has 0 radical (unpaired) electrons. The second kappa shape index (κ2) is 8.11. The predicted octanol–water partition coefficient (Wildman–Crippen LogP) is 3.53. The summed E-state index contributed by atoms with van der Waals surface area (Å²) < 4.78 is 7.03. The first kappa shape index (κ1) is 19.2. The van der Waals surface area contributed by atoms with Crippen LogP contribution in [0.15, 0.2) is 36.5 Å². The summed E-state index contributed by atoms with van der Waals surface area (Å²) in [4.78, 5) is 19.4. The van der Waals surface area contributed by atoms with Crippen LogP contribution in [0.5, 0.6) is 0 Å². The molecule has 7 heteroatoms. The van der Waals surface area contributed by atoms with E-state index in [1.54, 1.807) is 10.9 Å². The fraction of sp³-hybridized carbons (Fsp3) is 0.409. The number of anilines is 2. The summed E-state index contributed by atoms with van der Waals surface area (Å²) in [5.74, 6) is -0.352. The minimum Gasteiger partial charge on any atom is -0.462 e. The molecule has 4 rings (SSSR count). The number of aromatic nitrogens is 3. The maximum Gasteiger partial charge on any atom is 0.341 e. The number of aryl methyl sites for hydroxylation is 2. The zero-order chi connectivity index (χ0) is 20.4. The third-order valence-electron chi connectivity index (χ3n) is 5.49. The molecule has 0 saturated carbocycles. The van der Waals surface area contributed by atoms with Crippen molar-refractivity contribution in [1.29, 1.82) is 0 Å². The molecule has 0 atom stereocenters. The smallest absolute Gasteiger partial charge is 0.341 e. The van der Waals surface area contributed by atoms with Gasteiger partial charge in [0.15, 0.2) is 5.65 Å². The predicted molar refractivity (Wildman–Crippen MR) is 115 cm³/mol. The minimum absolute atomic E-state index is 0.272. The van der Waals surface area contributed by atoms with E-state index in [-0.39, 0.29) is 12.0 Å². The number of ether oxygens (including phenoxy) is 1. The van der Waals surface area contributed by atoms with E-state index >= 15 is 0 Å². The van der Waals surface area contributed by atoms with Gasteiger partial charge in [0.1, 0.15) is 5.56 Å². The Bertz CT molecular complexity index is 1010. The van der Waals surface area contributed by atoms with Gasteiger partial charge in [-0.3, -0.25) is 4.68 Å². The van der Waals surface area contributed by atoms with Crippen molar-refractivity contribution in [2.24, 2.45) is 7.05 Å². The van der Waals surface area contributed by atoms with Gasteiger partial charge < -0.3 is 15.0 Å². The Balaban J connectivity index is 1.60. The van der Waals surface area contributed by atoms with Crippen molar-refractivity contribution in [3.63, 3.8) is 0 Å². The minimum atomic E-state index is -0.352. The highest BCUT2D eigenvalue weighted by Gasteiger charge is 2.25. The van der Waals surface area contributed by atoms with Gasteiger partial charge in [-0.15, -0.1) is 0 Å². The van der Waals surface area contributed by atoms with Crippen LogP contribution in [0.2, 0.25) is 0 Å². The first-order chi connectivity index (χ1) is 14.1. The monoisotopic (exact) mass is 393 g/mol. The highest BCUT2D eigenvalue weighted by atomic mass is 16.5. The number of carbonyl (C=O) groups excluding carboxylic acids is 1. The second-order valence-electron chi connectivity index (χ2n) is 7.42. The topological polar surface area (TPSA) is 72.3 Å². The van der Waals surface area contributed by atoms with Gasteiger partial charge in [0.2, 0.25) is 0 Å². The van der Waals surface area contributed by atoms with E-state index in [0.717, 1.165) is 48.3 Å². The molecule has 0 aliphatic carbocycles. The van der Waals surface area contributed by atoms with Gasteiger partial charge in [0.25, 0.3) is 0 Å². The Hall–Kier alpha value is -3.09. The number of para-hydroxylation sites is 1. The van der Waals surface area contributed by atoms with Gasteiger partial charge in [-0.25, -0.2) is 9.78 Å². The van der Waals surface area contributed by atoms with Crippen molar-refractivity contribution in [1.82, 2.24) is 14.8 Å². The van der Waals surface area contributed by atoms with E-state index in [2.05, 4.69) is 44.6 Å². The van der Waals surface area contributed by atoms with Crippen LogP contribution in [0.4, 0.5) is 11.4 Å². The molecule has 3 aromatic rings. The van der Waals surface area contributed by atoms with Gasteiger partial charge >= 0.3 is 5.97 Å². The summed E-state index contributed by atoms with van der Waals surface area (Å²) in [6.45, 7) is 6.03. The summed E-state index contributed by atoms with van der Waals surface area (Å²) in [5, 5.41) is 9.03. The van der Waals surface area contributed by atoms with Crippen molar-refractivity contribution < 1.29 is 9.53 Å². The Kier molecular flexibility index (Phi) is 5.38. The molecule has 152 valence electrons. The number of hydrogen-bond donors (Lipinski definition) is 1. The summed E-state index contributed by atoms with van der Waals surface area (Å²) in [5.41, 5.74) is 4.14. The van der Waals surface area contributed by atoms with Crippen LogP contribution in [0.1, 0.15) is 35.8 Å². The van der Waals surface area contributed by atoms with Gasteiger partial charge in [0.05, 0.1) is 23.4 Å². The maximum absolute atomic E-state index is 12.6. The lowest BCUT2D eigenvalue weighted by molar-refractivity contribution is 0.0527. The Morgan fingerprint density at radius 2 is 1.97 bits per heavy atom. The average molecular weight is 393 g/mol. The molecular formula is C22H27N5O2. The summed E-state index contributed by atoms with van der Waals surface area (Å²) in [7, 11) is 1.87. The SMILES string of the molecule is CCOC(=O)c1cnc2c(c(C)nn2C)c1NC1CCN(c2ccccc2)CC1. The summed E-state index contributed by atoms with van der Waals surface area (Å²) in [6.07, 6.45) is 3.57. The molecule has 1 aromatic carbocycles. The molecule has 0 unspecified atom stereocenters. The van der Waals surface area contributed by atoms with Crippen molar-refractivity contribution in [3.8, 4) is 0 Å². The van der Waals surface area contributed by atoms with Gasteiger partial charge in [-0.1, -0.05) is 18.2 Å². The largest absolute Gasteiger partial charge is 0.462 e. The maximum atomic E-state index is 12.6. The number of esters is 1. The molecule has 0 spiro atoms. The first-order valence-corrected chi connectivity index (χ1v) is 10.1. The Morgan fingerprint density at radius 3 is 2.66 bits per heavy atom. The fourth-order valence-electron chi connectivity index (χ4n) is 4.05. The number of hydrogen-bond acceptors (Lipinski definition) is 6. The molecule has 1 saturated heterocycles. The average Bonchev–Trinajstić information content (AvgIpc) is 3.03. The Labute approximate surface area is 170 Å². The van der Waals surface area contributed by atoms with Crippen molar-refractivity contribution in [2.45, 2.75) is 32.7 Å². The lowest BCUT2D eigenvalue weighted by Crippen LogP contribution is -2.39. The van der Waals surface area contributed by atoms with Crippen LogP contribution in [0, 0.1) is 6.92 Å². The van der Waals surface area contributed by atoms with Gasteiger partial charge in [-0.2, -0.15) is 5.10 Å². The van der Waals surface area contributed by atoms with Crippen LogP contribution in [-0.2, 0) is 11.8 Å². The van der Waals surface area contributed by atoms with Crippen LogP contribution in [-0.4, -0.2) is 46.5 Å². The van der Waals surface area contributed by atoms with Crippen molar-refractivity contribution in [2.75, 3.05) is 29.9 Å². The quantitative estimate of drug-likeness (QED) is 0.669. The van der Waals surface area contributed by atoms with Gasteiger partial charge in [-0.05, 0) is 38.8 Å². The van der Waals surface area contributed by atoms with E-state index < -0.39 is 0 Å². The number of benzene rings is 1. The number of pyridine rings is 1. The molecule has 1 N–H and O–H groups in total. The molecular weight excluding hydrogens is 366 g/mol. The van der Waals surface area contributed by atoms with Crippen LogP contribution < -0.4 is 10.2 Å². The van der Waals surface area contributed by atoms with E-state index in [1.807, 2.05) is 27.0 Å². The lowest BCUT2D eigenvalue weighted by Gasteiger charge is -2.34. The molecule has 1 fully saturated rings. The normalized spacial score (nSPS) is 14.9. The number of carbonyl (C=O) groups is 1. The van der Waals surface area contributed by atoms with Crippen molar-refractivity contribution in [3.05, 3.63) is 47.8 Å². The zero-order valence-corrected chi connectivity index (χ0v) is 17.2. The van der Waals surface area contributed by atoms with Crippen LogP contribution in [0.3, 0.4) is 0 Å². The molecule has 0 amide bonds. The number of rotatable bonds is 5. The highest BCUT2D eigenvalue weighted by molar-refractivity contribution is 6.05.